The van der Waals surface area contributed by atoms with Gasteiger partial charge in [-0.05, 0) is 25.1 Å². The predicted octanol–water partition coefficient (Wildman–Crippen LogP) is 3.72. The first-order valence-electron chi connectivity index (χ1n) is 4.55. The lowest BCUT2D eigenvalue weighted by Crippen LogP contribution is -2.04. The molecule has 0 radical (unpaired) electrons. The summed E-state index contributed by atoms with van der Waals surface area (Å²) in [4.78, 5) is 3.84. The van der Waals surface area contributed by atoms with Crippen molar-refractivity contribution in [1.82, 2.24) is 10.1 Å². The average Bonchev–Trinajstić information content (AvgIpc) is 2.62. The van der Waals surface area contributed by atoms with E-state index >= 15 is 0 Å². The molecule has 0 aliphatic heterocycles. The van der Waals surface area contributed by atoms with Gasteiger partial charge in [-0.2, -0.15) is 18.2 Å². The molecule has 2 rings (SSSR count). The molecule has 3 nitrogen and oxygen atoms in total. The maximum Gasteiger partial charge on any atom is 0.416 e. The molecule has 7 heteroatoms. The summed E-state index contributed by atoms with van der Waals surface area (Å²) in [6, 6.07) is 3.09. The average molecular weight is 263 g/mol. The van der Waals surface area contributed by atoms with Crippen LogP contribution in [0.2, 0.25) is 5.02 Å². The van der Waals surface area contributed by atoms with Crippen LogP contribution in [-0.4, -0.2) is 10.1 Å². The molecule has 2 aromatic rings. The van der Waals surface area contributed by atoms with Gasteiger partial charge in [-0.15, -0.1) is 0 Å². The Morgan fingerprint density at radius 2 is 1.94 bits per heavy atom. The first-order valence-corrected chi connectivity index (χ1v) is 4.92. The minimum atomic E-state index is -4.46. The molecule has 0 atom stereocenters. The van der Waals surface area contributed by atoms with Crippen LogP contribution in [0.25, 0.3) is 11.5 Å². The molecule has 0 fully saturated rings. The van der Waals surface area contributed by atoms with E-state index in [9.17, 15) is 13.2 Å². The van der Waals surface area contributed by atoms with Crippen LogP contribution in [-0.2, 0) is 6.18 Å². The van der Waals surface area contributed by atoms with E-state index in [-0.39, 0.29) is 16.5 Å². The second-order valence-corrected chi connectivity index (χ2v) is 3.81. The zero-order chi connectivity index (χ0) is 12.6. The van der Waals surface area contributed by atoms with Crippen LogP contribution in [0.4, 0.5) is 13.2 Å². The predicted molar refractivity (Wildman–Crippen MR) is 54.5 cm³/mol. The summed E-state index contributed by atoms with van der Waals surface area (Å²) in [6.07, 6.45) is -4.46. The van der Waals surface area contributed by atoms with Crippen LogP contribution < -0.4 is 0 Å². The lowest BCUT2D eigenvalue weighted by molar-refractivity contribution is -0.137. The Hall–Kier alpha value is -1.56. The van der Waals surface area contributed by atoms with E-state index in [0.717, 1.165) is 12.1 Å². The third-order valence-corrected chi connectivity index (χ3v) is 2.22. The summed E-state index contributed by atoms with van der Waals surface area (Å²) in [5.74, 6) is 0.351. The fourth-order valence-corrected chi connectivity index (χ4v) is 1.53. The molecule has 90 valence electrons. The minimum Gasteiger partial charge on any atom is -0.334 e. The largest absolute Gasteiger partial charge is 0.416 e. The molecule has 0 amide bonds. The monoisotopic (exact) mass is 262 g/mol. The summed E-state index contributed by atoms with van der Waals surface area (Å²) in [6.45, 7) is 1.57. The van der Waals surface area contributed by atoms with E-state index in [1.54, 1.807) is 6.92 Å². The van der Waals surface area contributed by atoms with Crippen molar-refractivity contribution in [2.24, 2.45) is 0 Å². The van der Waals surface area contributed by atoms with Gasteiger partial charge in [0.05, 0.1) is 5.56 Å². The summed E-state index contributed by atoms with van der Waals surface area (Å²) in [5, 5.41) is 3.47. The lowest BCUT2D eigenvalue weighted by atomic mass is 10.1. The van der Waals surface area contributed by atoms with E-state index in [1.807, 2.05) is 0 Å². The summed E-state index contributed by atoms with van der Waals surface area (Å²) < 4.78 is 42.4. The molecule has 0 aliphatic carbocycles. The number of alkyl halides is 3. The molecule has 0 N–H and O–H groups in total. The maximum atomic E-state index is 12.5. The number of aryl methyl sites for hydroxylation is 1. The van der Waals surface area contributed by atoms with Crippen LogP contribution in [0.1, 0.15) is 11.4 Å². The zero-order valence-electron chi connectivity index (χ0n) is 8.55. The van der Waals surface area contributed by atoms with Gasteiger partial charge >= 0.3 is 6.18 Å². The molecule has 0 bridgehead atoms. The third-order valence-electron chi connectivity index (χ3n) is 2.00. The van der Waals surface area contributed by atoms with Gasteiger partial charge in [0.2, 0.25) is 0 Å². The van der Waals surface area contributed by atoms with Crippen LogP contribution >= 0.6 is 11.6 Å². The molecule has 0 spiro atoms. The van der Waals surface area contributed by atoms with Gasteiger partial charge < -0.3 is 4.52 Å². The number of hydrogen-bond acceptors (Lipinski definition) is 3. The van der Waals surface area contributed by atoms with Gasteiger partial charge in [0.1, 0.15) is 0 Å². The van der Waals surface area contributed by atoms with E-state index in [4.69, 9.17) is 16.1 Å². The molecule has 0 aliphatic rings. The fraction of sp³-hybridized carbons (Fsp3) is 0.200. The molecule has 1 aromatic heterocycles. The normalized spacial score (nSPS) is 11.8. The van der Waals surface area contributed by atoms with Crippen molar-refractivity contribution in [3.05, 3.63) is 34.6 Å². The highest BCUT2D eigenvalue weighted by Gasteiger charge is 2.31. The van der Waals surface area contributed by atoms with Crippen molar-refractivity contribution in [1.29, 1.82) is 0 Å². The van der Waals surface area contributed by atoms with Crippen molar-refractivity contribution >= 4 is 11.6 Å². The van der Waals surface area contributed by atoms with Crippen molar-refractivity contribution in [3.63, 3.8) is 0 Å². The fourth-order valence-electron chi connectivity index (χ4n) is 1.29. The molecular formula is C10H6ClF3N2O. The lowest BCUT2D eigenvalue weighted by Gasteiger charge is -2.07. The van der Waals surface area contributed by atoms with Crippen molar-refractivity contribution < 1.29 is 17.7 Å². The van der Waals surface area contributed by atoms with E-state index in [2.05, 4.69) is 10.1 Å². The van der Waals surface area contributed by atoms with Gasteiger partial charge in [0.25, 0.3) is 5.89 Å². The Balaban J connectivity index is 2.52. The summed E-state index contributed by atoms with van der Waals surface area (Å²) >= 11 is 5.62. The highest BCUT2D eigenvalue weighted by molar-refractivity contribution is 6.30. The number of halogens is 4. The summed E-state index contributed by atoms with van der Waals surface area (Å²) in [7, 11) is 0. The van der Waals surface area contributed by atoms with Crippen LogP contribution in [0, 0.1) is 6.92 Å². The second-order valence-electron chi connectivity index (χ2n) is 3.37. The van der Waals surface area contributed by atoms with Crippen molar-refractivity contribution in [2.45, 2.75) is 13.1 Å². The third kappa shape index (κ3) is 2.58. The number of benzene rings is 1. The van der Waals surface area contributed by atoms with E-state index in [0.29, 0.717) is 5.82 Å². The Bertz CT molecular complexity index is 551. The van der Waals surface area contributed by atoms with Crippen LogP contribution in [0.15, 0.2) is 22.7 Å². The number of hydrogen-bond donors (Lipinski definition) is 0. The van der Waals surface area contributed by atoms with Gasteiger partial charge in [-0.3, -0.25) is 0 Å². The van der Waals surface area contributed by atoms with E-state index in [1.165, 1.54) is 6.07 Å². The highest BCUT2D eigenvalue weighted by Crippen LogP contribution is 2.34. The highest BCUT2D eigenvalue weighted by atomic mass is 35.5. The number of aromatic nitrogens is 2. The standard InChI is InChI=1S/C10H6ClF3N2O/c1-5-15-9(17-16-5)6-2-7(10(12,13)14)4-8(11)3-6/h2-4H,1H3. The van der Waals surface area contributed by atoms with Gasteiger partial charge in [-0.25, -0.2) is 0 Å². The minimum absolute atomic E-state index is 0.00972. The molecule has 0 unspecified atom stereocenters. The number of rotatable bonds is 1. The molecule has 0 saturated heterocycles. The summed E-state index contributed by atoms with van der Waals surface area (Å²) in [5.41, 5.74) is -0.707. The van der Waals surface area contributed by atoms with Crippen LogP contribution in [0.5, 0.6) is 0 Å². The molecular weight excluding hydrogens is 257 g/mol. The van der Waals surface area contributed by atoms with Crippen molar-refractivity contribution in [3.8, 4) is 11.5 Å². The van der Waals surface area contributed by atoms with E-state index < -0.39 is 11.7 Å². The smallest absolute Gasteiger partial charge is 0.334 e. The zero-order valence-corrected chi connectivity index (χ0v) is 9.30. The first kappa shape index (κ1) is 11.9. The van der Waals surface area contributed by atoms with Crippen LogP contribution in [0.3, 0.4) is 0 Å². The first-order chi connectivity index (χ1) is 7.86. The molecule has 1 aromatic carbocycles. The molecule has 0 saturated carbocycles. The number of nitrogens with zero attached hydrogens (tertiary/aromatic N) is 2. The SMILES string of the molecule is Cc1noc(-c2cc(Cl)cc(C(F)(F)F)c2)n1. The Morgan fingerprint density at radius 1 is 1.24 bits per heavy atom. The topological polar surface area (TPSA) is 38.9 Å². The Morgan fingerprint density at radius 3 is 2.47 bits per heavy atom. The maximum absolute atomic E-state index is 12.5. The van der Waals surface area contributed by atoms with Gasteiger partial charge in [0.15, 0.2) is 5.82 Å². The van der Waals surface area contributed by atoms with Gasteiger partial charge in [-0.1, -0.05) is 16.8 Å². The Labute approximate surface area is 99.2 Å². The van der Waals surface area contributed by atoms with Gasteiger partial charge in [0, 0.05) is 10.6 Å². The molecule has 17 heavy (non-hydrogen) atoms. The Kier molecular flexibility index (Phi) is 2.82. The quantitative estimate of drug-likeness (QED) is 0.786. The second kappa shape index (κ2) is 4.03. The molecule has 1 heterocycles. The van der Waals surface area contributed by atoms with Crippen molar-refractivity contribution in [2.75, 3.05) is 0 Å².